The third kappa shape index (κ3) is 6.40. The molecule has 2 radical (unpaired) electrons. The molecule has 0 atom stereocenters. The molecule has 0 bridgehead atoms. The first kappa shape index (κ1) is 29.9. The maximum atomic E-state index is 1.96. The van der Waals surface area contributed by atoms with E-state index in [0.29, 0.717) is 0 Å². The van der Waals surface area contributed by atoms with Crippen molar-refractivity contribution in [1.82, 2.24) is 0 Å². The standard InChI is InChI=1S/C37H68P2/c1-7-19-32(20-8-1)38(33-21-9-2-10-22-33,34-23-11-3-12-24-34)31-39(35-25-13-4-14-26-35,36-27-15-5-16-28-36)37-29-17-6-18-30-37/h32-37H,1-31H2. The van der Waals surface area contributed by atoms with Crippen molar-refractivity contribution in [1.29, 1.82) is 0 Å². The van der Waals surface area contributed by atoms with Crippen molar-refractivity contribution < 1.29 is 0 Å². The zero-order chi connectivity index (χ0) is 26.4. The van der Waals surface area contributed by atoms with Crippen LogP contribution in [0.5, 0.6) is 0 Å². The van der Waals surface area contributed by atoms with Crippen LogP contribution in [-0.4, -0.2) is 39.9 Å². The second-order valence-corrected chi connectivity index (χ2v) is 25.4. The van der Waals surface area contributed by atoms with E-state index in [4.69, 9.17) is 0 Å². The molecule has 2 heteroatoms. The molecule has 0 saturated heterocycles. The summed E-state index contributed by atoms with van der Waals surface area (Å²) >= 11 is 0. The maximum Gasteiger partial charge on any atom is -0.0173 e. The van der Waals surface area contributed by atoms with Crippen LogP contribution in [0, 0.1) is 0 Å². The van der Waals surface area contributed by atoms with Crippen LogP contribution in [-0.2, 0) is 0 Å². The molecule has 226 valence electrons. The molecule has 0 aromatic rings. The van der Waals surface area contributed by atoms with Gasteiger partial charge in [0.2, 0.25) is 0 Å². The molecule has 0 aliphatic heterocycles. The second kappa shape index (κ2) is 14.6. The van der Waals surface area contributed by atoms with Crippen LogP contribution in [0.4, 0.5) is 0 Å². The van der Waals surface area contributed by atoms with Gasteiger partial charge in [-0.15, -0.1) is 14.5 Å². The predicted octanol–water partition coefficient (Wildman–Crippen LogP) is 13.0. The molecule has 6 saturated carbocycles. The van der Waals surface area contributed by atoms with Crippen LogP contribution in [0.15, 0.2) is 0 Å². The van der Waals surface area contributed by atoms with Crippen molar-refractivity contribution in [3.63, 3.8) is 0 Å². The Hall–Kier alpha value is 0.860. The van der Waals surface area contributed by atoms with Gasteiger partial charge in [0.25, 0.3) is 0 Å². The number of hydrogen-bond acceptors (Lipinski definition) is 0. The molecule has 6 aliphatic carbocycles. The van der Waals surface area contributed by atoms with E-state index in [1.807, 2.05) is 5.90 Å². The van der Waals surface area contributed by atoms with Crippen molar-refractivity contribution in [3.8, 4) is 0 Å². The number of hydrogen-bond donors (Lipinski definition) is 0. The van der Waals surface area contributed by atoms with E-state index in [1.54, 1.807) is 193 Å². The summed E-state index contributed by atoms with van der Waals surface area (Å²) in [5.74, 6) is 1.96. The van der Waals surface area contributed by atoms with Gasteiger partial charge in [-0.3, -0.25) is 0 Å². The van der Waals surface area contributed by atoms with Crippen LogP contribution >= 0.6 is 14.5 Å². The fraction of sp³-hybridized carbons (Fsp3) is 1.00. The molecule has 0 heterocycles. The average Bonchev–Trinajstić information content (AvgIpc) is 3.04. The molecular weight excluding hydrogens is 506 g/mol. The molecule has 0 aromatic heterocycles. The molecule has 0 N–H and O–H groups in total. The first-order valence-corrected chi connectivity index (χ1v) is 23.4. The molecule has 0 spiro atoms. The van der Waals surface area contributed by atoms with Crippen molar-refractivity contribution in [2.45, 2.75) is 227 Å². The quantitative estimate of drug-likeness (QED) is 0.253. The van der Waals surface area contributed by atoms with E-state index in [2.05, 4.69) is 0 Å². The van der Waals surface area contributed by atoms with Crippen molar-refractivity contribution >= 4 is 14.5 Å². The van der Waals surface area contributed by atoms with Crippen LogP contribution in [0.25, 0.3) is 0 Å². The van der Waals surface area contributed by atoms with E-state index in [1.165, 1.54) is 34.0 Å². The molecule has 0 amide bonds. The lowest BCUT2D eigenvalue weighted by atomic mass is 9.99. The zero-order valence-corrected chi connectivity index (χ0v) is 28.1. The number of rotatable bonds is 8. The van der Waals surface area contributed by atoms with Gasteiger partial charge in [0.1, 0.15) is 0 Å². The Morgan fingerprint density at radius 2 is 0.385 bits per heavy atom. The van der Waals surface area contributed by atoms with Crippen molar-refractivity contribution in [2.24, 2.45) is 0 Å². The second-order valence-electron chi connectivity index (χ2n) is 15.9. The van der Waals surface area contributed by atoms with Gasteiger partial charge < -0.3 is 0 Å². The summed E-state index contributed by atoms with van der Waals surface area (Å²) in [4.78, 5) is 0. The highest BCUT2D eigenvalue weighted by molar-refractivity contribution is 7.93. The lowest BCUT2D eigenvalue weighted by Gasteiger charge is -2.66. The van der Waals surface area contributed by atoms with Crippen LogP contribution in [0.1, 0.15) is 193 Å². The van der Waals surface area contributed by atoms with E-state index in [9.17, 15) is 0 Å². The first-order chi connectivity index (χ1) is 19.3. The highest BCUT2D eigenvalue weighted by atomic mass is 31.2. The SMILES string of the molecule is C1CCC([P](C[P](C2CCCCC2)(C2CCCCC2)C2CCCCC2)(C2CCCCC2)C2CCCCC2)CC1. The minimum atomic E-state index is -0.994. The normalized spacial score (nSPS) is 29.5. The fourth-order valence-corrected chi connectivity index (χ4v) is 32.8. The summed E-state index contributed by atoms with van der Waals surface area (Å²) in [5, 5.41) is 0. The Morgan fingerprint density at radius 3 is 0.538 bits per heavy atom. The van der Waals surface area contributed by atoms with Crippen molar-refractivity contribution in [2.75, 3.05) is 5.90 Å². The Morgan fingerprint density at radius 1 is 0.231 bits per heavy atom. The van der Waals surface area contributed by atoms with Crippen LogP contribution in [0.2, 0.25) is 0 Å². The average molecular weight is 575 g/mol. The zero-order valence-electron chi connectivity index (χ0n) is 26.3. The Labute approximate surface area is 246 Å². The van der Waals surface area contributed by atoms with Gasteiger partial charge in [0.05, 0.1) is 0 Å². The largest absolute Gasteiger partial charge is 0.112 e. The van der Waals surface area contributed by atoms with E-state index >= 15 is 0 Å². The summed E-state index contributed by atoms with van der Waals surface area (Å²) in [5.41, 5.74) is 7.29. The monoisotopic (exact) mass is 574 g/mol. The molecule has 0 unspecified atom stereocenters. The summed E-state index contributed by atoms with van der Waals surface area (Å²) in [6.07, 6.45) is 48.8. The van der Waals surface area contributed by atoms with Crippen LogP contribution < -0.4 is 0 Å². The lowest BCUT2D eigenvalue weighted by molar-refractivity contribution is 0.445. The minimum absolute atomic E-state index is 0.994. The molecule has 6 rings (SSSR count). The predicted molar refractivity (Wildman–Crippen MR) is 180 cm³/mol. The molecule has 39 heavy (non-hydrogen) atoms. The smallest absolute Gasteiger partial charge is 0.0173 e. The maximum absolute atomic E-state index is 1.96. The van der Waals surface area contributed by atoms with Crippen LogP contribution in [0.3, 0.4) is 0 Å². The fourth-order valence-electron chi connectivity index (χ4n) is 12.3. The lowest BCUT2D eigenvalue weighted by Crippen LogP contribution is -2.44. The summed E-state index contributed by atoms with van der Waals surface area (Å²) in [7, 11) is -1.99. The topological polar surface area (TPSA) is 0 Å². The van der Waals surface area contributed by atoms with Gasteiger partial charge in [0, 0.05) is 0 Å². The molecule has 6 aliphatic rings. The summed E-state index contributed by atoms with van der Waals surface area (Å²) in [6.45, 7) is 0. The minimum Gasteiger partial charge on any atom is -0.112 e. The van der Waals surface area contributed by atoms with E-state index in [0.717, 1.165) is 0 Å². The van der Waals surface area contributed by atoms with Crippen molar-refractivity contribution in [3.05, 3.63) is 0 Å². The van der Waals surface area contributed by atoms with E-state index < -0.39 is 14.5 Å². The highest BCUT2D eigenvalue weighted by Crippen LogP contribution is 2.90. The Bertz CT molecular complexity index is 544. The van der Waals surface area contributed by atoms with E-state index in [-0.39, 0.29) is 0 Å². The van der Waals surface area contributed by atoms with Gasteiger partial charge in [-0.25, -0.2) is 0 Å². The molecule has 0 nitrogen and oxygen atoms in total. The van der Waals surface area contributed by atoms with Gasteiger partial charge >= 0.3 is 0 Å². The summed E-state index contributed by atoms with van der Waals surface area (Å²) in [6, 6.07) is 0. The third-order valence-electron chi connectivity index (χ3n) is 14.0. The molecule has 0 aromatic carbocycles. The first-order valence-electron chi connectivity index (χ1n) is 19.1. The van der Waals surface area contributed by atoms with Gasteiger partial charge in [-0.2, -0.15) is 0 Å². The Kier molecular flexibility index (Phi) is 11.2. The molecular formula is C37H68P2. The van der Waals surface area contributed by atoms with Gasteiger partial charge in [-0.05, 0) is 117 Å². The van der Waals surface area contributed by atoms with Gasteiger partial charge in [-0.1, -0.05) is 116 Å². The van der Waals surface area contributed by atoms with Gasteiger partial charge in [0.15, 0.2) is 0 Å². The summed E-state index contributed by atoms with van der Waals surface area (Å²) < 4.78 is 0. The third-order valence-corrected chi connectivity index (χ3v) is 29.2. The highest BCUT2D eigenvalue weighted by Gasteiger charge is 2.57. The Balaban J connectivity index is 1.49. The molecule has 6 fully saturated rings.